The van der Waals surface area contributed by atoms with Crippen molar-refractivity contribution in [1.29, 1.82) is 0 Å². The maximum absolute atomic E-state index is 9.82. The summed E-state index contributed by atoms with van der Waals surface area (Å²) < 4.78 is 1.92. The zero-order chi connectivity index (χ0) is 11.4. The van der Waals surface area contributed by atoms with Crippen molar-refractivity contribution < 1.29 is 5.11 Å². The van der Waals surface area contributed by atoms with Crippen LogP contribution in [-0.2, 0) is 13.1 Å². The Kier molecular flexibility index (Phi) is 3.96. The maximum atomic E-state index is 9.82. The van der Waals surface area contributed by atoms with Crippen molar-refractivity contribution in [2.24, 2.45) is 0 Å². The first-order chi connectivity index (χ1) is 7.79. The van der Waals surface area contributed by atoms with Crippen molar-refractivity contribution in [2.45, 2.75) is 57.8 Å². The molecule has 0 radical (unpaired) electrons. The van der Waals surface area contributed by atoms with E-state index in [1.54, 1.807) is 0 Å². The van der Waals surface area contributed by atoms with Gasteiger partial charge in [0.05, 0.1) is 12.3 Å². The standard InChI is InChI=1S/C12H21N3O/c1-2-15-9-10(8-14-15)7-13-11-5-3-4-6-12(11)16/h8-9,11-13,16H,2-7H2,1H3. The zero-order valence-corrected chi connectivity index (χ0v) is 9.89. The Morgan fingerprint density at radius 2 is 2.31 bits per heavy atom. The zero-order valence-electron chi connectivity index (χ0n) is 9.89. The third-order valence-electron chi connectivity index (χ3n) is 3.31. The number of nitrogens with one attached hydrogen (secondary N) is 1. The number of rotatable bonds is 4. The van der Waals surface area contributed by atoms with Crippen LogP contribution in [0.25, 0.3) is 0 Å². The average molecular weight is 223 g/mol. The molecule has 1 fully saturated rings. The molecule has 2 N–H and O–H groups in total. The average Bonchev–Trinajstić information content (AvgIpc) is 2.76. The van der Waals surface area contributed by atoms with Gasteiger partial charge in [-0.05, 0) is 19.8 Å². The highest BCUT2D eigenvalue weighted by Gasteiger charge is 2.22. The molecule has 0 aromatic carbocycles. The third kappa shape index (κ3) is 2.83. The number of aliphatic hydroxyl groups is 1. The molecule has 1 aliphatic carbocycles. The quantitative estimate of drug-likeness (QED) is 0.809. The van der Waals surface area contributed by atoms with Crippen LogP contribution in [0.15, 0.2) is 12.4 Å². The molecule has 90 valence electrons. The van der Waals surface area contributed by atoms with Gasteiger partial charge in [0.15, 0.2) is 0 Å². The van der Waals surface area contributed by atoms with Gasteiger partial charge in [-0.2, -0.15) is 5.10 Å². The molecule has 0 saturated heterocycles. The van der Waals surface area contributed by atoms with E-state index in [0.29, 0.717) is 0 Å². The molecule has 16 heavy (non-hydrogen) atoms. The predicted octanol–water partition coefficient (Wildman–Crippen LogP) is 1.30. The summed E-state index contributed by atoms with van der Waals surface area (Å²) in [6.45, 7) is 3.79. The second kappa shape index (κ2) is 5.46. The number of aromatic nitrogens is 2. The fraction of sp³-hybridized carbons (Fsp3) is 0.750. The van der Waals surface area contributed by atoms with Crippen LogP contribution in [0.3, 0.4) is 0 Å². The summed E-state index contributed by atoms with van der Waals surface area (Å²) in [6, 6.07) is 0.263. The maximum Gasteiger partial charge on any atom is 0.0693 e. The molecule has 0 aliphatic heterocycles. The van der Waals surface area contributed by atoms with Crippen LogP contribution in [0, 0.1) is 0 Å². The Labute approximate surface area is 96.7 Å². The molecule has 2 atom stereocenters. The van der Waals surface area contributed by atoms with Crippen LogP contribution in [-0.4, -0.2) is 27.0 Å². The number of hydrogen-bond donors (Lipinski definition) is 2. The molecule has 1 saturated carbocycles. The summed E-state index contributed by atoms with van der Waals surface area (Å²) in [5, 5.41) is 17.5. The van der Waals surface area contributed by atoms with Gasteiger partial charge >= 0.3 is 0 Å². The topological polar surface area (TPSA) is 50.1 Å². The van der Waals surface area contributed by atoms with Crippen molar-refractivity contribution in [3.8, 4) is 0 Å². The van der Waals surface area contributed by atoms with Gasteiger partial charge < -0.3 is 10.4 Å². The smallest absolute Gasteiger partial charge is 0.0693 e. The van der Waals surface area contributed by atoms with Crippen molar-refractivity contribution in [3.63, 3.8) is 0 Å². The summed E-state index contributed by atoms with van der Waals surface area (Å²) in [4.78, 5) is 0. The van der Waals surface area contributed by atoms with Crippen LogP contribution < -0.4 is 5.32 Å². The monoisotopic (exact) mass is 223 g/mol. The summed E-state index contributed by atoms with van der Waals surface area (Å²) in [5.74, 6) is 0. The summed E-state index contributed by atoms with van der Waals surface area (Å²) in [7, 11) is 0. The lowest BCUT2D eigenvalue weighted by atomic mass is 9.92. The lowest BCUT2D eigenvalue weighted by Gasteiger charge is -2.28. The lowest BCUT2D eigenvalue weighted by molar-refractivity contribution is 0.0902. The normalized spacial score (nSPS) is 25.9. The van der Waals surface area contributed by atoms with Gasteiger partial charge in [0.25, 0.3) is 0 Å². The molecule has 1 aromatic rings. The van der Waals surface area contributed by atoms with E-state index in [1.807, 2.05) is 10.9 Å². The fourth-order valence-corrected chi connectivity index (χ4v) is 2.27. The lowest BCUT2D eigenvalue weighted by Crippen LogP contribution is -2.41. The first kappa shape index (κ1) is 11.6. The number of aliphatic hydroxyl groups excluding tert-OH is 1. The molecule has 2 rings (SSSR count). The molecule has 0 amide bonds. The van der Waals surface area contributed by atoms with Crippen LogP contribution >= 0.6 is 0 Å². The van der Waals surface area contributed by atoms with Gasteiger partial charge in [0.2, 0.25) is 0 Å². The molecule has 1 aromatic heterocycles. The second-order valence-corrected chi connectivity index (χ2v) is 4.54. The second-order valence-electron chi connectivity index (χ2n) is 4.54. The van der Waals surface area contributed by atoms with Crippen LogP contribution in [0.1, 0.15) is 38.2 Å². The van der Waals surface area contributed by atoms with E-state index < -0.39 is 0 Å². The summed E-state index contributed by atoms with van der Waals surface area (Å²) in [5.41, 5.74) is 1.19. The number of hydrogen-bond acceptors (Lipinski definition) is 3. The minimum Gasteiger partial charge on any atom is -0.392 e. The highest BCUT2D eigenvalue weighted by atomic mass is 16.3. The molecule has 4 heteroatoms. The molecule has 0 spiro atoms. The fourth-order valence-electron chi connectivity index (χ4n) is 2.27. The van der Waals surface area contributed by atoms with Gasteiger partial charge in [0, 0.05) is 30.9 Å². The van der Waals surface area contributed by atoms with Crippen LogP contribution in [0.2, 0.25) is 0 Å². The minimum absolute atomic E-state index is 0.171. The summed E-state index contributed by atoms with van der Waals surface area (Å²) in [6.07, 6.45) is 8.19. The van der Waals surface area contributed by atoms with Gasteiger partial charge in [-0.25, -0.2) is 0 Å². The van der Waals surface area contributed by atoms with Gasteiger partial charge in [0.1, 0.15) is 0 Å². The van der Waals surface area contributed by atoms with E-state index in [0.717, 1.165) is 32.4 Å². The number of nitrogens with zero attached hydrogens (tertiary/aromatic N) is 2. The van der Waals surface area contributed by atoms with Crippen molar-refractivity contribution in [3.05, 3.63) is 18.0 Å². The largest absolute Gasteiger partial charge is 0.392 e. The first-order valence-corrected chi connectivity index (χ1v) is 6.22. The predicted molar refractivity (Wildman–Crippen MR) is 63.0 cm³/mol. The van der Waals surface area contributed by atoms with Crippen LogP contribution in [0.4, 0.5) is 0 Å². The minimum atomic E-state index is -0.171. The van der Waals surface area contributed by atoms with E-state index in [-0.39, 0.29) is 12.1 Å². The van der Waals surface area contributed by atoms with Gasteiger partial charge in [-0.1, -0.05) is 12.8 Å². The highest BCUT2D eigenvalue weighted by Crippen LogP contribution is 2.18. The highest BCUT2D eigenvalue weighted by molar-refractivity contribution is 5.03. The molecule has 1 aliphatic rings. The van der Waals surface area contributed by atoms with E-state index >= 15 is 0 Å². The molecular formula is C12H21N3O. The van der Waals surface area contributed by atoms with E-state index in [1.165, 1.54) is 12.0 Å². The Morgan fingerprint density at radius 1 is 1.50 bits per heavy atom. The molecule has 2 unspecified atom stereocenters. The van der Waals surface area contributed by atoms with E-state index in [4.69, 9.17) is 0 Å². The van der Waals surface area contributed by atoms with Crippen molar-refractivity contribution in [1.82, 2.24) is 15.1 Å². The third-order valence-corrected chi connectivity index (χ3v) is 3.31. The van der Waals surface area contributed by atoms with Gasteiger partial charge in [-0.15, -0.1) is 0 Å². The SMILES string of the molecule is CCn1cc(CNC2CCCCC2O)cn1. The first-order valence-electron chi connectivity index (χ1n) is 6.22. The Morgan fingerprint density at radius 3 is 3.00 bits per heavy atom. The van der Waals surface area contributed by atoms with Gasteiger partial charge in [-0.3, -0.25) is 4.68 Å². The van der Waals surface area contributed by atoms with Crippen LogP contribution in [0.5, 0.6) is 0 Å². The molecule has 1 heterocycles. The van der Waals surface area contributed by atoms with E-state index in [9.17, 15) is 5.11 Å². The Bertz CT molecular complexity index is 324. The van der Waals surface area contributed by atoms with Crippen molar-refractivity contribution in [2.75, 3.05) is 0 Å². The molecular weight excluding hydrogens is 202 g/mol. The molecule has 4 nitrogen and oxygen atoms in total. The Balaban J connectivity index is 1.81. The molecule has 0 bridgehead atoms. The number of aryl methyl sites for hydroxylation is 1. The summed E-state index contributed by atoms with van der Waals surface area (Å²) >= 11 is 0. The van der Waals surface area contributed by atoms with E-state index in [2.05, 4.69) is 23.5 Å². The van der Waals surface area contributed by atoms with Crippen molar-refractivity contribution >= 4 is 0 Å². The Hall–Kier alpha value is -0.870.